The molecule has 3 rings (SSSR count). The van der Waals surface area contributed by atoms with Gasteiger partial charge >= 0.3 is 6.18 Å². The summed E-state index contributed by atoms with van der Waals surface area (Å²) in [7, 11) is 1.93. The van der Waals surface area contributed by atoms with Crippen molar-refractivity contribution in [2.24, 2.45) is 7.05 Å². The summed E-state index contributed by atoms with van der Waals surface area (Å²) in [5, 5.41) is 10.7. The van der Waals surface area contributed by atoms with E-state index in [9.17, 15) is 18.3 Å². The maximum absolute atomic E-state index is 12.7. The highest BCUT2D eigenvalue weighted by atomic mass is 19.4. The average Bonchev–Trinajstić information content (AvgIpc) is 3.18. The maximum atomic E-state index is 12.7. The summed E-state index contributed by atoms with van der Waals surface area (Å²) in [6.45, 7) is 4.96. The standard InChI is InChI=1S/C24H28F3N3O2/c1-17-6-4-5-7-19(17)14-30(18(2)23-28-12-13-29(23)3)15-21(31)16-32-22-10-8-20(9-11-22)24(25,26)27/h4-13,18,21,31H,14-16H2,1-3H3. The quantitative estimate of drug-likeness (QED) is 0.514. The first-order valence-corrected chi connectivity index (χ1v) is 10.4. The normalized spacial score (nSPS) is 13.9. The van der Waals surface area contributed by atoms with Gasteiger partial charge in [-0.25, -0.2) is 4.98 Å². The van der Waals surface area contributed by atoms with E-state index in [1.165, 1.54) is 12.1 Å². The van der Waals surface area contributed by atoms with E-state index in [2.05, 4.69) is 16.0 Å². The Bertz CT molecular complexity index is 1000. The predicted molar refractivity (Wildman–Crippen MR) is 116 cm³/mol. The summed E-state index contributed by atoms with van der Waals surface area (Å²) >= 11 is 0. The Morgan fingerprint density at radius 3 is 2.41 bits per heavy atom. The van der Waals surface area contributed by atoms with E-state index in [0.29, 0.717) is 13.1 Å². The Labute approximate surface area is 186 Å². The fourth-order valence-corrected chi connectivity index (χ4v) is 3.56. The minimum absolute atomic E-state index is 0.0388. The summed E-state index contributed by atoms with van der Waals surface area (Å²) in [4.78, 5) is 6.56. The third-order valence-corrected chi connectivity index (χ3v) is 5.48. The van der Waals surface area contributed by atoms with Crippen LogP contribution in [0.5, 0.6) is 5.75 Å². The highest BCUT2D eigenvalue weighted by Crippen LogP contribution is 2.30. The molecule has 0 saturated heterocycles. The van der Waals surface area contributed by atoms with Gasteiger partial charge in [-0.3, -0.25) is 4.90 Å². The molecular formula is C24H28F3N3O2. The molecule has 1 N–H and O–H groups in total. The average molecular weight is 448 g/mol. The predicted octanol–water partition coefficient (Wildman–Crippen LogP) is 4.75. The van der Waals surface area contributed by atoms with Gasteiger partial charge in [0.05, 0.1) is 11.6 Å². The molecule has 0 spiro atoms. The fraction of sp³-hybridized carbons (Fsp3) is 0.375. The van der Waals surface area contributed by atoms with E-state index in [1.54, 1.807) is 6.20 Å². The third kappa shape index (κ3) is 6.11. The zero-order valence-corrected chi connectivity index (χ0v) is 18.4. The molecule has 2 aromatic carbocycles. The molecule has 2 atom stereocenters. The number of aliphatic hydroxyl groups is 1. The molecule has 2 unspecified atom stereocenters. The molecule has 1 aromatic heterocycles. The Balaban J connectivity index is 1.68. The summed E-state index contributed by atoms with van der Waals surface area (Å²) < 4.78 is 45.6. The SMILES string of the molecule is Cc1ccccc1CN(CC(O)COc1ccc(C(F)(F)F)cc1)C(C)c1nccn1C. The van der Waals surface area contributed by atoms with Crippen LogP contribution in [0.1, 0.15) is 35.5 Å². The van der Waals surface area contributed by atoms with E-state index in [4.69, 9.17) is 4.74 Å². The van der Waals surface area contributed by atoms with Gasteiger partial charge in [0.15, 0.2) is 0 Å². The van der Waals surface area contributed by atoms with Crippen molar-refractivity contribution in [3.05, 3.63) is 83.4 Å². The van der Waals surface area contributed by atoms with Crippen LogP contribution in [0, 0.1) is 6.92 Å². The Hall–Kier alpha value is -2.84. The molecule has 0 saturated carbocycles. The van der Waals surface area contributed by atoms with Gasteiger partial charge in [-0.05, 0) is 49.2 Å². The number of benzene rings is 2. The monoisotopic (exact) mass is 447 g/mol. The number of aryl methyl sites for hydroxylation is 2. The van der Waals surface area contributed by atoms with E-state index >= 15 is 0 Å². The second-order valence-corrected chi connectivity index (χ2v) is 7.92. The van der Waals surface area contributed by atoms with Crippen LogP contribution in [0.2, 0.25) is 0 Å². The number of ether oxygens (including phenoxy) is 1. The molecule has 3 aromatic rings. The molecule has 172 valence electrons. The second kappa shape index (κ2) is 10.2. The van der Waals surface area contributed by atoms with Gasteiger partial charge in [0.25, 0.3) is 0 Å². The Morgan fingerprint density at radius 2 is 1.81 bits per heavy atom. The molecule has 1 heterocycles. The molecule has 5 nitrogen and oxygen atoms in total. The minimum atomic E-state index is -4.39. The summed E-state index contributed by atoms with van der Waals surface area (Å²) in [6, 6.07) is 12.4. The molecule has 8 heteroatoms. The number of aliphatic hydroxyl groups excluding tert-OH is 1. The van der Waals surface area contributed by atoms with Crippen LogP contribution in [0.15, 0.2) is 60.9 Å². The molecule has 0 aliphatic carbocycles. The van der Waals surface area contributed by atoms with Crippen molar-refractivity contribution >= 4 is 0 Å². The van der Waals surface area contributed by atoms with E-state index in [0.717, 1.165) is 29.1 Å². The second-order valence-electron chi connectivity index (χ2n) is 7.92. The molecule has 0 bridgehead atoms. The fourth-order valence-electron chi connectivity index (χ4n) is 3.56. The third-order valence-electron chi connectivity index (χ3n) is 5.48. The topological polar surface area (TPSA) is 50.5 Å². The van der Waals surface area contributed by atoms with Crippen LogP contribution in [-0.2, 0) is 19.8 Å². The molecule has 32 heavy (non-hydrogen) atoms. The first kappa shape index (κ1) is 23.8. The van der Waals surface area contributed by atoms with Crippen LogP contribution in [-0.4, -0.2) is 38.8 Å². The molecule has 0 fully saturated rings. The lowest BCUT2D eigenvalue weighted by Crippen LogP contribution is -2.38. The van der Waals surface area contributed by atoms with Gasteiger partial charge in [0, 0.05) is 32.5 Å². The number of nitrogens with zero attached hydrogens (tertiary/aromatic N) is 3. The largest absolute Gasteiger partial charge is 0.491 e. The van der Waals surface area contributed by atoms with Crippen LogP contribution in [0.4, 0.5) is 13.2 Å². The van der Waals surface area contributed by atoms with E-state index < -0.39 is 17.8 Å². The number of alkyl halides is 3. The van der Waals surface area contributed by atoms with E-state index in [1.807, 2.05) is 49.9 Å². The van der Waals surface area contributed by atoms with Gasteiger partial charge in [-0.1, -0.05) is 24.3 Å². The highest BCUT2D eigenvalue weighted by molar-refractivity contribution is 5.29. The number of halogens is 3. The lowest BCUT2D eigenvalue weighted by Gasteiger charge is -2.31. The molecule has 0 radical (unpaired) electrons. The van der Waals surface area contributed by atoms with Gasteiger partial charge in [0.1, 0.15) is 24.3 Å². The van der Waals surface area contributed by atoms with Crippen molar-refractivity contribution in [3.8, 4) is 5.75 Å². The van der Waals surface area contributed by atoms with Crippen LogP contribution >= 0.6 is 0 Å². The van der Waals surface area contributed by atoms with Crippen LogP contribution < -0.4 is 4.74 Å². The lowest BCUT2D eigenvalue weighted by molar-refractivity contribution is -0.137. The highest BCUT2D eigenvalue weighted by Gasteiger charge is 2.30. The summed E-state index contributed by atoms with van der Waals surface area (Å²) in [5.41, 5.74) is 1.56. The van der Waals surface area contributed by atoms with Crippen molar-refractivity contribution in [2.45, 2.75) is 38.7 Å². The van der Waals surface area contributed by atoms with Crippen molar-refractivity contribution in [1.82, 2.24) is 14.5 Å². The number of imidazole rings is 1. The zero-order chi connectivity index (χ0) is 23.3. The Morgan fingerprint density at radius 1 is 1.12 bits per heavy atom. The zero-order valence-electron chi connectivity index (χ0n) is 18.4. The molecule has 0 aliphatic heterocycles. The first-order chi connectivity index (χ1) is 15.1. The van der Waals surface area contributed by atoms with Crippen molar-refractivity contribution in [2.75, 3.05) is 13.2 Å². The van der Waals surface area contributed by atoms with Crippen LogP contribution in [0.3, 0.4) is 0 Å². The van der Waals surface area contributed by atoms with Gasteiger partial charge in [-0.15, -0.1) is 0 Å². The number of hydrogen-bond donors (Lipinski definition) is 1. The van der Waals surface area contributed by atoms with Crippen LogP contribution in [0.25, 0.3) is 0 Å². The lowest BCUT2D eigenvalue weighted by atomic mass is 10.1. The van der Waals surface area contributed by atoms with E-state index in [-0.39, 0.29) is 18.4 Å². The van der Waals surface area contributed by atoms with Gasteiger partial charge in [0.2, 0.25) is 0 Å². The number of hydrogen-bond acceptors (Lipinski definition) is 4. The maximum Gasteiger partial charge on any atom is 0.416 e. The van der Waals surface area contributed by atoms with Crippen molar-refractivity contribution in [1.29, 1.82) is 0 Å². The first-order valence-electron chi connectivity index (χ1n) is 10.4. The van der Waals surface area contributed by atoms with Crippen molar-refractivity contribution < 1.29 is 23.0 Å². The molecule has 0 amide bonds. The summed E-state index contributed by atoms with van der Waals surface area (Å²) in [5.74, 6) is 1.15. The van der Waals surface area contributed by atoms with Crippen molar-refractivity contribution in [3.63, 3.8) is 0 Å². The summed E-state index contributed by atoms with van der Waals surface area (Å²) in [6.07, 6.45) is -1.62. The molecular weight excluding hydrogens is 419 g/mol. The molecule has 0 aliphatic rings. The van der Waals surface area contributed by atoms with Gasteiger partial charge in [-0.2, -0.15) is 13.2 Å². The number of aromatic nitrogens is 2. The minimum Gasteiger partial charge on any atom is -0.491 e. The number of rotatable bonds is 9. The Kier molecular flexibility index (Phi) is 7.58. The van der Waals surface area contributed by atoms with Gasteiger partial charge < -0.3 is 14.4 Å². The smallest absolute Gasteiger partial charge is 0.416 e.